The Morgan fingerprint density at radius 3 is 2.45 bits per heavy atom. The Kier molecular flexibility index (Phi) is 6.09. The van der Waals surface area contributed by atoms with E-state index in [9.17, 15) is 9.59 Å². The SMILES string of the molecule is COc1cccc(SCC(=O)N2CCN(C(=O)[C@@H]3CC3c3ccccc3)CC2)c1. The number of benzene rings is 2. The van der Waals surface area contributed by atoms with E-state index >= 15 is 0 Å². The highest BCUT2D eigenvalue weighted by Crippen LogP contribution is 2.48. The van der Waals surface area contributed by atoms with E-state index in [1.54, 1.807) is 7.11 Å². The Balaban J connectivity index is 1.23. The van der Waals surface area contributed by atoms with Crippen LogP contribution in [0.25, 0.3) is 0 Å². The van der Waals surface area contributed by atoms with E-state index in [4.69, 9.17) is 4.74 Å². The Morgan fingerprint density at radius 1 is 1.00 bits per heavy atom. The highest BCUT2D eigenvalue weighted by Gasteiger charge is 2.46. The minimum Gasteiger partial charge on any atom is -0.497 e. The third-order valence-corrected chi connectivity index (χ3v) is 6.66. The fraction of sp³-hybridized carbons (Fsp3) is 0.391. The second-order valence-corrected chi connectivity index (χ2v) is 8.58. The predicted octanol–water partition coefficient (Wildman–Crippen LogP) is 3.26. The molecule has 1 heterocycles. The summed E-state index contributed by atoms with van der Waals surface area (Å²) in [6.45, 7) is 2.50. The predicted molar refractivity (Wildman–Crippen MR) is 114 cm³/mol. The molecule has 1 aliphatic carbocycles. The summed E-state index contributed by atoms with van der Waals surface area (Å²) < 4.78 is 5.23. The number of carbonyl (C=O) groups is 2. The molecular weight excluding hydrogens is 384 g/mol. The van der Waals surface area contributed by atoms with Crippen LogP contribution in [0.3, 0.4) is 0 Å². The Hall–Kier alpha value is -2.47. The van der Waals surface area contributed by atoms with Crippen molar-refractivity contribution in [2.24, 2.45) is 5.92 Å². The van der Waals surface area contributed by atoms with Gasteiger partial charge in [-0.2, -0.15) is 0 Å². The lowest BCUT2D eigenvalue weighted by atomic mass is 10.1. The fourth-order valence-corrected chi connectivity index (χ4v) is 4.72. The lowest BCUT2D eigenvalue weighted by Gasteiger charge is -2.35. The molecule has 2 aliphatic rings. The number of hydrogen-bond acceptors (Lipinski definition) is 4. The molecule has 1 aliphatic heterocycles. The van der Waals surface area contributed by atoms with Gasteiger partial charge in [-0.3, -0.25) is 9.59 Å². The van der Waals surface area contributed by atoms with Gasteiger partial charge in [0, 0.05) is 37.0 Å². The summed E-state index contributed by atoms with van der Waals surface area (Å²) in [6, 6.07) is 18.0. The van der Waals surface area contributed by atoms with Crippen molar-refractivity contribution >= 4 is 23.6 Å². The van der Waals surface area contributed by atoms with Crippen LogP contribution in [0.1, 0.15) is 17.9 Å². The van der Waals surface area contributed by atoms with Crippen LogP contribution < -0.4 is 4.74 Å². The molecule has 29 heavy (non-hydrogen) atoms. The fourth-order valence-electron chi connectivity index (χ4n) is 3.87. The minimum absolute atomic E-state index is 0.114. The number of carbonyl (C=O) groups excluding carboxylic acids is 2. The zero-order chi connectivity index (χ0) is 20.2. The Bertz CT molecular complexity index is 865. The summed E-state index contributed by atoms with van der Waals surface area (Å²) in [6.07, 6.45) is 0.944. The van der Waals surface area contributed by atoms with Crippen molar-refractivity contribution < 1.29 is 14.3 Å². The van der Waals surface area contributed by atoms with Crippen LogP contribution in [0.15, 0.2) is 59.5 Å². The first kappa shape index (κ1) is 19.8. The molecule has 0 spiro atoms. The van der Waals surface area contributed by atoms with Gasteiger partial charge in [0.1, 0.15) is 5.75 Å². The molecule has 1 unspecified atom stereocenters. The van der Waals surface area contributed by atoms with Gasteiger partial charge in [-0.05, 0) is 36.1 Å². The summed E-state index contributed by atoms with van der Waals surface area (Å²) in [7, 11) is 1.64. The van der Waals surface area contributed by atoms with E-state index in [0.717, 1.165) is 17.1 Å². The zero-order valence-corrected chi connectivity index (χ0v) is 17.4. The Morgan fingerprint density at radius 2 is 1.72 bits per heavy atom. The lowest BCUT2D eigenvalue weighted by Crippen LogP contribution is -2.51. The maximum Gasteiger partial charge on any atom is 0.233 e. The molecule has 0 radical (unpaired) electrons. The standard InChI is InChI=1S/C23H26N2O3S/c1-28-18-8-5-9-19(14-18)29-16-22(26)24-10-12-25(13-11-24)23(27)21-15-20(21)17-6-3-2-4-7-17/h2-9,14,20-21H,10-13,15-16H2,1H3/t20?,21-/m1/s1. The van der Waals surface area contributed by atoms with Crippen molar-refractivity contribution in [1.82, 2.24) is 9.80 Å². The van der Waals surface area contributed by atoms with Gasteiger partial charge in [0.25, 0.3) is 0 Å². The van der Waals surface area contributed by atoms with Crippen molar-refractivity contribution in [1.29, 1.82) is 0 Å². The van der Waals surface area contributed by atoms with Crippen molar-refractivity contribution in [2.75, 3.05) is 39.0 Å². The van der Waals surface area contributed by atoms with E-state index in [0.29, 0.717) is 37.8 Å². The maximum atomic E-state index is 12.8. The quantitative estimate of drug-likeness (QED) is 0.686. The van der Waals surface area contributed by atoms with E-state index in [1.165, 1.54) is 17.3 Å². The molecule has 1 saturated heterocycles. The smallest absolute Gasteiger partial charge is 0.233 e. The van der Waals surface area contributed by atoms with Crippen LogP contribution in [0, 0.1) is 5.92 Å². The third-order valence-electron chi connectivity index (χ3n) is 5.68. The highest BCUT2D eigenvalue weighted by molar-refractivity contribution is 8.00. The summed E-state index contributed by atoms with van der Waals surface area (Å²) in [5.41, 5.74) is 1.26. The monoisotopic (exact) mass is 410 g/mol. The minimum atomic E-state index is 0.114. The first-order valence-corrected chi connectivity index (χ1v) is 11.0. The van der Waals surface area contributed by atoms with Crippen molar-refractivity contribution in [3.8, 4) is 5.75 Å². The first-order chi connectivity index (χ1) is 14.2. The number of ether oxygens (including phenoxy) is 1. The van der Waals surface area contributed by atoms with Gasteiger partial charge < -0.3 is 14.5 Å². The number of amides is 2. The van der Waals surface area contributed by atoms with Gasteiger partial charge in [-0.15, -0.1) is 11.8 Å². The van der Waals surface area contributed by atoms with Crippen molar-refractivity contribution in [3.63, 3.8) is 0 Å². The first-order valence-electron chi connectivity index (χ1n) is 10.0. The second-order valence-electron chi connectivity index (χ2n) is 7.53. The number of hydrogen-bond donors (Lipinski definition) is 0. The van der Waals surface area contributed by atoms with E-state index in [-0.39, 0.29) is 17.7 Å². The molecule has 0 aromatic heterocycles. The molecule has 2 amide bonds. The molecule has 152 valence electrons. The largest absolute Gasteiger partial charge is 0.497 e. The molecule has 0 bridgehead atoms. The molecule has 1 saturated carbocycles. The summed E-state index contributed by atoms with van der Waals surface area (Å²) in [5.74, 6) is 2.05. The van der Waals surface area contributed by atoms with Gasteiger partial charge in [0.2, 0.25) is 11.8 Å². The molecule has 2 fully saturated rings. The molecule has 4 rings (SSSR count). The molecule has 6 heteroatoms. The van der Waals surface area contributed by atoms with Crippen LogP contribution in [0.2, 0.25) is 0 Å². The molecular formula is C23H26N2O3S. The third kappa shape index (κ3) is 4.75. The molecule has 5 nitrogen and oxygen atoms in total. The van der Waals surface area contributed by atoms with E-state index < -0.39 is 0 Å². The number of rotatable bonds is 6. The number of nitrogens with zero attached hydrogens (tertiary/aromatic N) is 2. The van der Waals surface area contributed by atoms with Gasteiger partial charge in [0.15, 0.2) is 0 Å². The topological polar surface area (TPSA) is 49.9 Å². The normalized spacial score (nSPS) is 21.0. The van der Waals surface area contributed by atoms with Crippen molar-refractivity contribution in [3.05, 3.63) is 60.2 Å². The van der Waals surface area contributed by atoms with Crippen LogP contribution in [-0.2, 0) is 9.59 Å². The van der Waals surface area contributed by atoms with Crippen molar-refractivity contribution in [2.45, 2.75) is 17.2 Å². The average Bonchev–Trinajstić information content (AvgIpc) is 3.59. The maximum absolute atomic E-state index is 12.8. The van der Waals surface area contributed by atoms with Gasteiger partial charge in [0.05, 0.1) is 12.9 Å². The van der Waals surface area contributed by atoms with Crippen LogP contribution in [-0.4, -0.2) is 60.7 Å². The number of methoxy groups -OCH3 is 1. The van der Waals surface area contributed by atoms with Gasteiger partial charge in [-0.25, -0.2) is 0 Å². The number of piperazine rings is 1. The average molecular weight is 411 g/mol. The van der Waals surface area contributed by atoms with Gasteiger partial charge in [-0.1, -0.05) is 36.4 Å². The van der Waals surface area contributed by atoms with Gasteiger partial charge >= 0.3 is 0 Å². The van der Waals surface area contributed by atoms with E-state index in [2.05, 4.69) is 12.1 Å². The summed E-state index contributed by atoms with van der Waals surface area (Å²) in [5, 5.41) is 0. The molecule has 2 aromatic rings. The zero-order valence-electron chi connectivity index (χ0n) is 16.6. The summed E-state index contributed by atoms with van der Waals surface area (Å²) in [4.78, 5) is 30.2. The van der Waals surface area contributed by atoms with E-state index in [1.807, 2.05) is 52.3 Å². The molecule has 2 aromatic carbocycles. The Labute approximate surface area is 176 Å². The molecule has 0 N–H and O–H groups in total. The summed E-state index contributed by atoms with van der Waals surface area (Å²) >= 11 is 1.52. The number of thioether (sulfide) groups is 1. The second kappa shape index (κ2) is 8.91. The molecule has 2 atom stereocenters. The highest BCUT2D eigenvalue weighted by atomic mass is 32.2. The van der Waals surface area contributed by atoms with Crippen LogP contribution >= 0.6 is 11.8 Å². The van der Waals surface area contributed by atoms with Crippen LogP contribution in [0.4, 0.5) is 0 Å². The lowest BCUT2D eigenvalue weighted by molar-refractivity contribution is -0.139. The van der Waals surface area contributed by atoms with Crippen LogP contribution in [0.5, 0.6) is 5.75 Å².